The molecule has 1 heteroatoms. The van der Waals surface area contributed by atoms with Crippen LogP contribution < -0.4 is 5.32 Å². The Morgan fingerprint density at radius 1 is 0.684 bits per heavy atom. The SMILES string of the molecule is CCCCCCCCCCCC(C)CCCCNC. The maximum Gasteiger partial charge on any atom is -0.00519 e. The number of hydrogen-bond donors (Lipinski definition) is 1. The molecular formula is C18H39N. The zero-order chi connectivity index (χ0) is 14.2. The van der Waals surface area contributed by atoms with E-state index < -0.39 is 0 Å². The van der Waals surface area contributed by atoms with Crippen LogP contribution in [0.3, 0.4) is 0 Å². The van der Waals surface area contributed by atoms with Gasteiger partial charge < -0.3 is 5.32 Å². The van der Waals surface area contributed by atoms with Crippen molar-refractivity contribution >= 4 is 0 Å². The van der Waals surface area contributed by atoms with Gasteiger partial charge in [0, 0.05) is 0 Å². The zero-order valence-corrected chi connectivity index (χ0v) is 14.0. The molecule has 0 aliphatic carbocycles. The summed E-state index contributed by atoms with van der Waals surface area (Å²) >= 11 is 0. The minimum atomic E-state index is 0.946. The Morgan fingerprint density at radius 2 is 1.16 bits per heavy atom. The molecule has 1 N–H and O–H groups in total. The van der Waals surface area contributed by atoms with E-state index in [1.807, 2.05) is 7.05 Å². The van der Waals surface area contributed by atoms with Crippen molar-refractivity contribution in [1.82, 2.24) is 5.32 Å². The van der Waals surface area contributed by atoms with Gasteiger partial charge >= 0.3 is 0 Å². The van der Waals surface area contributed by atoms with Crippen LogP contribution in [0.2, 0.25) is 0 Å². The summed E-state index contributed by atoms with van der Waals surface area (Å²) in [6.07, 6.45) is 18.7. The molecule has 0 spiro atoms. The van der Waals surface area contributed by atoms with Crippen LogP contribution in [-0.4, -0.2) is 13.6 Å². The fraction of sp³-hybridized carbons (Fsp3) is 1.00. The highest BCUT2D eigenvalue weighted by Crippen LogP contribution is 2.17. The normalized spacial score (nSPS) is 12.8. The summed E-state index contributed by atoms with van der Waals surface area (Å²) in [5.41, 5.74) is 0. The maximum atomic E-state index is 3.23. The van der Waals surface area contributed by atoms with Gasteiger partial charge in [-0.25, -0.2) is 0 Å². The van der Waals surface area contributed by atoms with Gasteiger partial charge in [0.15, 0.2) is 0 Å². The average molecular weight is 270 g/mol. The third-order valence-corrected chi connectivity index (χ3v) is 4.17. The van der Waals surface area contributed by atoms with Gasteiger partial charge in [-0.05, 0) is 25.9 Å². The monoisotopic (exact) mass is 269 g/mol. The van der Waals surface area contributed by atoms with Gasteiger partial charge in [-0.2, -0.15) is 0 Å². The molecule has 0 aromatic heterocycles. The van der Waals surface area contributed by atoms with Crippen molar-refractivity contribution in [3.8, 4) is 0 Å². The first kappa shape index (κ1) is 19.0. The van der Waals surface area contributed by atoms with Crippen molar-refractivity contribution in [3.63, 3.8) is 0 Å². The lowest BCUT2D eigenvalue weighted by atomic mass is 9.96. The van der Waals surface area contributed by atoms with Crippen LogP contribution in [0.5, 0.6) is 0 Å². The Balaban J connectivity index is 3.07. The lowest BCUT2D eigenvalue weighted by molar-refractivity contribution is 0.435. The number of nitrogens with one attached hydrogen (secondary N) is 1. The van der Waals surface area contributed by atoms with Crippen LogP contribution in [0.4, 0.5) is 0 Å². The molecule has 1 atom stereocenters. The molecule has 0 heterocycles. The third-order valence-electron chi connectivity index (χ3n) is 4.17. The Labute approximate surface area is 122 Å². The quantitative estimate of drug-likeness (QED) is 0.363. The van der Waals surface area contributed by atoms with Crippen LogP contribution in [0.15, 0.2) is 0 Å². The molecule has 116 valence electrons. The summed E-state index contributed by atoms with van der Waals surface area (Å²) in [7, 11) is 2.05. The van der Waals surface area contributed by atoms with Crippen molar-refractivity contribution in [2.75, 3.05) is 13.6 Å². The van der Waals surface area contributed by atoms with E-state index in [1.54, 1.807) is 0 Å². The molecule has 0 fully saturated rings. The molecule has 0 aliphatic rings. The predicted molar refractivity (Wildman–Crippen MR) is 88.8 cm³/mol. The van der Waals surface area contributed by atoms with E-state index in [0.717, 1.165) is 5.92 Å². The zero-order valence-electron chi connectivity index (χ0n) is 14.0. The van der Waals surface area contributed by atoms with Crippen LogP contribution >= 0.6 is 0 Å². The van der Waals surface area contributed by atoms with Crippen molar-refractivity contribution in [3.05, 3.63) is 0 Å². The summed E-state index contributed by atoms with van der Waals surface area (Å²) in [6, 6.07) is 0. The minimum absolute atomic E-state index is 0.946. The molecule has 0 amide bonds. The molecule has 0 aliphatic heterocycles. The van der Waals surface area contributed by atoms with Gasteiger partial charge in [-0.1, -0.05) is 90.9 Å². The summed E-state index contributed by atoms with van der Waals surface area (Å²) < 4.78 is 0. The molecular weight excluding hydrogens is 230 g/mol. The second kappa shape index (κ2) is 16.0. The Bertz CT molecular complexity index is 156. The third kappa shape index (κ3) is 15.9. The van der Waals surface area contributed by atoms with Gasteiger partial charge in [-0.3, -0.25) is 0 Å². The van der Waals surface area contributed by atoms with Crippen LogP contribution in [0, 0.1) is 5.92 Å². The molecule has 0 bridgehead atoms. The highest BCUT2D eigenvalue weighted by Gasteiger charge is 2.01. The number of hydrogen-bond acceptors (Lipinski definition) is 1. The van der Waals surface area contributed by atoms with E-state index in [2.05, 4.69) is 19.2 Å². The fourth-order valence-electron chi connectivity index (χ4n) is 2.74. The van der Waals surface area contributed by atoms with Gasteiger partial charge in [0.2, 0.25) is 0 Å². The van der Waals surface area contributed by atoms with E-state index in [9.17, 15) is 0 Å². The van der Waals surface area contributed by atoms with Crippen LogP contribution in [-0.2, 0) is 0 Å². The van der Waals surface area contributed by atoms with Crippen molar-refractivity contribution < 1.29 is 0 Å². The highest BCUT2D eigenvalue weighted by molar-refractivity contribution is 4.56. The molecule has 0 radical (unpaired) electrons. The second-order valence-corrected chi connectivity index (χ2v) is 6.32. The minimum Gasteiger partial charge on any atom is -0.320 e. The lowest BCUT2D eigenvalue weighted by Crippen LogP contribution is -2.07. The largest absolute Gasteiger partial charge is 0.320 e. The standard InChI is InChI=1S/C18H39N/c1-4-5-6-7-8-9-10-11-12-15-18(2)16-13-14-17-19-3/h18-19H,4-17H2,1-3H3. The molecule has 19 heavy (non-hydrogen) atoms. The smallest absolute Gasteiger partial charge is 0.00519 e. The van der Waals surface area contributed by atoms with Gasteiger partial charge in [0.05, 0.1) is 0 Å². The van der Waals surface area contributed by atoms with Gasteiger partial charge in [0.25, 0.3) is 0 Å². The van der Waals surface area contributed by atoms with Crippen LogP contribution in [0.25, 0.3) is 0 Å². The van der Waals surface area contributed by atoms with E-state index in [0.29, 0.717) is 0 Å². The molecule has 0 rings (SSSR count). The van der Waals surface area contributed by atoms with Crippen molar-refractivity contribution in [2.24, 2.45) is 5.92 Å². The summed E-state index contributed by atoms with van der Waals surface area (Å²) in [6.45, 7) is 5.91. The van der Waals surface area contributed by atoms with Crippen LogP contribution in [0.1, 0.15) is 97.3 Å². The van der Waals surface area contributed by atoms with E-state index in [1.165, 1.54) is 90.0 Å². The molecule has 0 saturated carbocycles. The molecule has 0 aromatic rings. The lowest BCUT2D eigenvalue weighted by Gasteiger charge is -2.10. The fourth-order valence-corrected chi connectivity index (χ4v) is 2.74. The Hall–Kier alpha value is -0.0400. The Morgan fingerprint density at radius 3 is 1.68 bits per heavy atom. The van der Waals surface area contributed by atoms with Crippen molar-refractivity contribution in [1.29, 1.82) is 0 Å². The van der Waals surface area contributed by atoms with E-state index in [-0.39, 0.29) is 0 Å². The predicted octanol–water partition coefficient (Wildman–Crippen LogP) is 5.93. The maximum absolute atomic E-state index is 3.23. The first-order chi connectivity index (χ1) is 9.31. The molecule has 1 unspecified atom stereocenters. The Kier molecular flexibility index (Phi) is 16.0. The van der Waals surface area contributed by atoms with Gasteiger partial charge in [-0.15, -0.1) is 0 Å². The molecule has 0 aromatic carbocycles. The van der Waals surface area contributed by atoms with Gasteiger partial charge in [0.1, 0.15) is 0 Å². The number of unbranched alkanes of at least 4 members (excludes halogenated alkanes) is 9. The topological polar surface area (TPSA) is 12.0 Å². The summed E-state index contributed by atoms with van der Waals surface area (Å²) in [5.74, 6) is 0.946. The molecule has 1 nitrogen and oxygen atoms in total. The second-order valence-electron chi connectivity index (χ2n) is 6.32. The first-order valence-electron chi connectivity index (χ1n) is 8.95. The van der Waals surface area contributed by atoms with E-state index in [4.69, 9.17) is 0 Å². The summed E-state index contributed by atoms with van der Waals surface area (Å²) in [4.78, 5) is 0. The first-order valence-corrected chi connectivity index (χ1v) is 8.95. The molecule has 0 saturated heterocycles. The van der Waals surface area contributed by atoms with E-state index >= 15 is 0 Å². The summed E-state index contributed by atoms with van der Waals surface area (Å²) in [5, 5.41) is 3.23. The van der Waals surface area contributed by atoms with Crippen molar-refractivity contribution in [2.45, 2.75) is 97.3 Å². The highest BCUT2D eigenvalue weighted by atomic mass is 14.8. The number of rotatable bonds is 15. The average Bonchev–Trinajstić information content (AvgIpc) is 2.42.